The van der Waals surface area contributed by atoms with Gasteiger partial charge in [-0.3, -0.25) is 4.79 Å². The molecule has 0 unspecified atom stereocenters. The number of carbonyl (C=O) groups is 1. The maximum absolute atomic E-state index is 11.1. The number of hydrogen-bond acceptors (Lipinski definition) is 3. The topological polar surface area (TPSA) is 41.9 Å². The van der Waals surface area contributed by atoms with E-state index in [4.69, 9.17) is 4.74 Å². The largest absolute Gasteiger partial charge is 0.378 e. The van der Waals surface area contributed by atoms with Crippen molar-refractivity contribution in [2.75, 3.05) is 26.3 Å². The summed E-state index contributed by atoms with van der Waals surface area (Å²) in [5.41, 5.74) is 0.707. The minimum absolute atomic E-state index is 0.128. The molecule has 1 amide bonds. The monoisotopic (exact) mass is 166 g/mol. The van der Waals surface area contributed by atoms with Gasteiger partial charge in [-0.1, -0.05) is 0 Å². The van der Waals surface area contributed by atoms with E-state index in [-0.39, 0.29) is 5.91 Å². The van der Waals surface area contributed by atoms with Crippen LogP contribution in [-0.4, -0.2) is 43.3 Å². The van der Waals surface area contributed by atoms with Gasteiger partial charge < -0.3 is 9.64 Å². The number of allylic oxidation sites excluding steroid dienone is 1. The summed E-state index contributed by atoms with van der Waals surface area (Å²) in [6.45, 7) is 2.98. The van der Waals surface area contributed by atoms with Crippen molar-refractivity contribution in [3.63, 3.8) is 0 Å². The minimum Gasteiger partial charge on any atom is -0.378 e. The van der Waals surface area contributed by atoms with Crippen molar-refractivity contribution in [3.05, 3.63) is 11.8 Å². The number of amides is 1. The molecule has 2 heterocycles. The Balaban J connectivity index is 2.04. The first kappa shape index (κ1) is 7.49. The van der Waals surface area contributed by atoms with Crippen LogP contribution in [0.15, 0.2) is 16.8 Å². The second-order valence-electron chi connectivity index (χ2n) is 2.73. The van der Waals surface area contributed by atoms with E-state index in [0.717, 1.165) is 13.1 Å². The molecule has 2 aliphatic rings. The standard InChI is InChI=1S/C8H10N2O2/c11-8-7(1-2-9-8)10-3-5-12-6-4-10/h1-2H,3-6H2. The smallest absolute Gasteiger partial charge is 0.293 e. The van der Waals surface area contributed by atoms with Crippen LogP contribution in [0.2, 0.25) is 0 Å². The van der Waals surface area contributed by atoms with Gasteiger partial charge in [0, 0.05) is 19.3 Å². The Morgan fingerprint density at radius 3 is 2.75 bits per heavy atom. The van der Waals surface area contributed by atoms with Gasteiger partial charge in [-0.05, 0) is 6.08 Å². The third kappa shape index (κ3) is 1.25. The summed E-state index contributed by atoms with van der Waals surface area (Å²) in [7, 11) is 0. The molecular formula is C8H10N2O2. The van der Waals surface area contributed by atoms with Crippen LogP contribution < -0.4 is 0 Å². The van der Waals surface area contributed by atoms with Crippen LogP contribution in [0.4, 0.5) is 0 Å². The number of carbonyl (C=O) groups excluding carboxylic acids is 1. The first-order valence-corrected chi connectivity index (χ1v) is 3.99. The molecule has 0 N–H and O–H groups in total. The highest BCUT2D eigenvalue weighted by Crippen LogP contribution is 2.11. The van der Waals surface area contributed by atoms with Crippen molar-refractivity contribution >= 4 is 12.1 Å². The summed E-state index contributed by atoms with van der Waals surface area (Å²) < 4.78 is 5.17. The second-order valence-corrected chi connectivity index (χ2v) is 2.73. The van der Waals surface area contributed by atoms with Gasteiger partial charge in [-0.15, -0.1) is 0 Å². The zero-order valence-corrected chi connectivity index (χ0v) is 6.69. The molecule has 0 bridgehead atoms. The maximum atomic E-state index is 11.1. The van der Waals surface area contributed by atoms with E-state index in [1.165, 1.54) is 0 Å². The molecule has 0 aromatic heterocycles. The molecule has 1 saturated heterocycles. The van der Waals surface area contributed by atoms with E-state index in [0.29, 0.717) is 18.9 Å². The minimum atomic E-state index is -0.128. The van der Waals surface area contributed by atoms with Gasteiger partial charge >= 0.3 is 0 Å². The Bertz CT molecular complexity index is 252. The third-order valence-corrected chi connectivity index (χ3v) is 2.00. The van der Waals surface area contributed by atoms with Crippen molar-refractivity contribution < 1.29 is 9.53 Å². The summed E-state index contributed by atoms with van der Waals surface area (Å²) in [6.07, 6.45) is 3.31. The predicted molar refractivity (Wildman–Crippen MR) is 44.0 cm³/mol. The quantitative estimate of drug-likeness (QED) is 0.542. The lowest BCUT2D eigenvalue weighted by atomic mass is 10.3. The molecule has 0 radical (unpaired) electrons. The van der Waals surface area contributed by atoms with Gasteiger partial charge in [-0.2, -0.15) is 0 Å². The average molecular weight is 166 g/mol. The number of rotatable bonds is 1. The molecule has 0 aromatic carbocycles. The Morgan fingerprint density at radius 2 is 2.17 bits per heavy atom. The van der Waals surface area contributed by atoms with Gasteiger partial charge in [0.1, 0.15) is 5.70 Å². The van der Waals surface area contributed by atoms with Gasteiger partial charge in [0.25, 0.3) is 5.91 Å². The van der Waals surface area contributed by atoms with Crippen molar-refractivity contribution in [1.82, 2.24) is 4.90 Å². The zero-order chi connectivity index (χ0) is 8.39. The summed E-state index contributed by atoms with van der Waals surface area (Å²) in [5, 5.41) is 0. The summed E-state index contributed by atoms with van der Waals surface area (Å²) in [5.74, 6) is -0.128. The molecule has 2 rings (SSSR count). The Kier molecular flexibility index (Phi) is 1.91. The van der Waals surface area contributed by atoms with Gasteiger partial charge in [-0.25, -0.2) is 4.99 Å². The molecule has 0 spiro atoms. The molecule has 0 aliphatic carbocycles. The van der Waals surface area contributed by atoms with Crippen LogP contribution >= 0.6 is 0 Å². The zero-order valence-electron chi connectivity index (χ0n) is 6.69. The molecule has 64 valence electrons. The van der Waals surface area contributed by atoms with E-state index in [1.54, 1.807) is 12.3 Å². The second kappa shape index (κ2) is 3.06. The molecule has 4 nitrogen and oxygen atoms in total. The van der Waals surface area contributed by atoms with Crippen LogP contribution in [0.5, 0.6) is 0 Å². The molecule has 1 fully saturated rings. The fourth-order valence-corrected chi connectivity index (χ4v) is 1.36. The lowest BCUT2D eigenvalue weighted by molar-refractivity contribution is -0.116. The van der Waals surface area contributed by atoms with Crippen molar-refractivity contribution in [2.45, 2.75) is 0 Å². The fourth-order valence-electron chi connectivity index (χ4n) is 1.36. The van der Waals surface area contributed by atoms with E-state index in [2.05, 4.69) is 4.99 Å². The number of ether oxygens (including phenoxy) is 1. The van der Waals surface area contributed by atoms with Gasteiger partial charge in [0.2, 0.25) is 0 Å². The number of nitrogens with zero attached hydrogens (tertiary/aromatic N) is 2. The molecule has 0 aromatic rings. The summed E-state index contributed by atoms with van der Waals surface area (Å²) >= 11 is 0. The van der Waals surface area contributed by atoms with E-state index in [9.17, 15) is 4.79 Å². The number of hydrogen-bond donors (Lipinski definition) is 0. The highest BCUT2D eigenvalue weighted by atomic mass is 16.5. The van der Waals surface area contributed by atoms with Crippen LogP contribution in [0.25, 0.3) is 0 Å². The van der Waals surface area contributed by atoms with E-state index >= 15 is 0 Å². The molecular weight excluding hydrogens is 156 g/mol. The normalized spacial score (nSPS) is 23.2. The highest BCUT2D eigenvalue weighted by Gasteiger charge is 2.20. The summed E-state index contributed by atoms with van der Waals surface area (Å²) in [6, 6.07) is 0. The lowest BCUT2D eigenvalue weighted by Crippen LogP contribution is -2.37. The van der Waals surface area contributed by atoms with Crippen molar-refractivity contribution in [1.29, 1.82) is 0 Å². The Labute approximate surface area is 70.5 Å². The SMILES string of the molecule is O=C1N=CC=C1N1CCOCC1. The van der Waals surface area contributed by atoms with E-state index in [1.807, 2.05) is 4.90 Å². The number of morpholine rings is 1. The molecule has 4 heteroatoms. The highest BCUT2D eigenvalue weighted by molar-refractivity contribution is 6.07. The molecule has 2 aliphatic heterocycles. The molecule has 0 saturated carbocycles. The van der Waals surface area contributed by atoms with Crippen LogP contribution in [0, 0.1) is 0 Å². The lowest BCUT2D eigenvalue weighted by Gasteiger charge is -2.28. The molecule has 0 atom stereocenters. The third-order valence-electron chi connectivity index (χ3n) is 2.00. The Hall–Kier alpha value is -1.16. The van der Waals surface area contributed by atoms with Crippen LogP contribution in [-0.2, 0) is 9.53 Å². The first-order chi connectivity index (χ1) is 5.88. The first-order valence-electron chi connectivity index (χ1n) is 3.99. The average Bonchev–Trinajstić information content (AvgIpc) is 2.53. The van der Waals surface area contributed by atoms with Crippen molar-refractivity contribution in [3.8, 4) is 0 Å². The van der Waals surface area contributed by atoms with Crippen LogP contribution in [0.1, 0.15) is 0 Å². The van der Waals surface area contributed by atoms with Crippen molar-refractivity contribution in [2.24, 2.45) is 4.99 Å². The van der Waals surface area contributed by atoms with Gasteiger partial charge in [0.05, 0.1) is 13.2 Å². The predicted octanol–water partition coefficient (Wildman–Crippen LogP) is -0.186. The summed E-state index contributed by atoms with van der Waals surface area (Å²) in [4.78, 5) is 16.8. The van der Waals surface area contributed by atoms with Gasteiger partial charge in [0.15, 0.2) is 0 Å². The Morgan fingerprint density at radius 1 is 1.42 bits per heavy atom. The maximum Gasteiger partial charge on any atom is 0.293 e. The fraction of sp³-hybridized carbons (Fsp3) is 0.500. The molecule has 12 heavy (non-hydrogen) atoms. The number of aliphatic imine (C=N–C) groups is 1. The van der Waals surface area contributed by atoms with E-state index < -0.39 is 0 Å². The van der Waals surface area contributed by atoms with Crippen LogP contribution in [0.3, 0.4) is 0 Å².